The molecule has 0 spiro atoms. The van der Waals surface area contributed by atoms with Gasteiger partial charge in [0, 0.05) is 24.8 Å². The lowest BCUT2D eigenvalue weighted by atomic mass is 9.94. The van der Waals surface area contributed by atoms with Crippen LogP contribution >= 0.6 is 0 Å². The van der Waals surface area contributed by atoms with Crippen LogP contribution in [0.25, 0.3) is 0 Å². The minimum absolute atomic E-state index is 0.611. The monoisotopic (exact) mass is 283 g/mol. The highest BCUT2D eigenvalue weighted by molar-refractivity contribution is 5.62. The summed E-state index contributed by atoms with van der Waals surface area (Å²) in [5, 5.41) is 3.48. The van der Waals surface area contributed by atoms with Crippen molar-refractivity contribution in [3.05, 3.63) is 41.8 Å². The summed E-state index contributed by atoms with van der Waals surface area (Å²) in [6.07, 6.45) is 5.50. The Kier molecular flexibility index (Phi) is 3.19. The molecule has 2 heterocycles. The number of anilines is 2. The molecule has 1 saturated carbocycles. The van der Waals surface area contributed by atoms with Crippen LogP contribution in [-0.4, -0.2) is 17.6 Å². The summed E-state index contributed by atoms with van der Waals surface area (Å²) in [4.78, 5) is 6.88. The fraction of sp³-hybridized carbons (Fsp3) is 0.471. The lowest BCUT2D eigenvalue weighted by molar-refractivity contribution is 0.503. The Hall–Kier alpha value is -1.81. The summed E-state index contributed by atoms with van der Waals surface area (Å²) in [6.45, 7) is 4.05. The number of fused-ring (bicyclic) bond motifs is 1. The van der Waals surface area contributed by atoms with Gasteiger partial charge < -0.3 is 9.73 Å². The predicted octanol–water partition coefficient (Wildman–Crippen LogP) is 3.26. The molecule has 1 aliphatic heterocycles. The molecule has 1 N–H and O–H groups in total. The molecular formula is C17H21N3O. The molecule has 21 heavy (non-hydrogen) atoms. The topological polar surface area (TPSA) is 41.3 Å². The highest BCUT2D eigenvalue weighted by Gasteiger charge is 2.26. The van der Waals surface area contributed by atoms with E-state index in [9.17, 15) is 0 Å². The van der Waals surface area contributed by atoms with Gasteiger partial charge in [0.25, 0.3) is 0 Å². The minimum Gasteiger partial charge on any atom is -0.431 e. The molecule has 1 unspecified atom stereocenters. The van der Waals surface area contributed by atoms with Gasteiger partial charge >= 0.3 is 6.01 Å². The molecule has 1 atom stereocenters. The predicted molar refractivity (Wildman–Crippen MR) is 82.7 cm³/mol. The number of para-hydroxylation sites is 1. The molecule has 4 heteroatoms. The molecule has 2 aromatic rings. The number of benzene rings is 1. The van der Waals surface area contributed by atoms with E-state index in [1.54, 1.807) is 6.26 Å². The van der Waals surface area contributed by atoms with Crippen LogP contribution in [0.3, 0.4) is 0 Å². The van der Waals surface area contributed by atoms with Crippen molar-refractivity contribution in [2.24, 2.45) is 5.92 Å². The molecule has 2 aliphatic rings. The number of hydrogen-bond acceptors (Lipinski definition) is 4. The van der Waals surface area contributed by atoms with Crippen molar-refractivity contribution < 1.29 is 4.42 Å². The van der Waals surface area contributed by atoms with Crippen molar-refractivity contribution >= 4 is 11.7 Å². The third kappa shape index (κ3) is 2.68. The van der Waals surface area contributed by atoms with Crippen molar-refractivity contribution in [1.82, 2.24) is 10.3 Å². The fourth-order valence-corrected chi connectivity index (χ4v) is 3.02. The third-order valence-corrected chi connectivity index (χ3v) is 4.26. The van der Waals surface area contributed by atoms with Gasteiger partial charge in [-0.2, -0.15) is 4.98 Å². The van der Waals surface area contributed by atoms with E-state index >= 15 is 0 Å². The second-order valence-electron chi connectivity index (χ2n) is 6.33. The van der Waals surface area contributed by atoms with Gasteiger partial charge in [-0.05, 0) is 36.8 Å². The highest BCUT2D eigenvalue weighted by Crippen LogP contribution is 2.34. The Labute approximate surface area is 125 Å². The van der Waals surface area contributed by atoms with Crippen LogP contribution in [0, 0.1) is 5.92 Å². The van der Waals surface area contributed by atoms with Gasteiger partial charge in [0.05, 0.1) is 5.69 Å². The SMILES string of the molecule is CC1Cc2ccccc2N(c2nc(CNC3CC3)co2)C1. The zero-order valence-electron chi connectivity index (χ0n) is 12.4. The van der Waals surface area contributed by atoms with E-state index in [4.69, 9.17) is 4.42 Å². The van der Waals surface area contributed by atoms with E-state index in [2.05, 4.69) is 46.4 Å². The van der Waals surface area contributed by atoms with Gasteiger partial charge in [-0.1, -0.05) is 25.1 Å². The number of oxazole rings is 1. The van der Waals surface area contributed by atoms with E-state index in [1.165, 1.54) is 24.1 Å². The molecule has 4 nitrogen and oxygen atoms in total. The van der Waals surface area contributed by atoms with E-state index < -0.39 is 0 Å². The van der Waals surface area contributed by atoms with Crippen LogP contribution in [-0.2, 0) is 13.0 Å². The van der Waals surface area contributed by atoms with Crippen LogP contribution in [0.5, 0.6) is 0 Å². The second-order valence-corrected chi connectivity index (χ2v) is 6.33. The number of aromatic nitrogens is 1. The molecular weight excluding hydrogens is 262 g/mol. The van der Waals surface area contributed by atoms with E-state index in [0.29, 0.717) is 12.0 Å². The number of nitrogens with zero attached hydrogens (tertiary/aromatic N) is 2. The molecule has 0 amide bonds. The van der Waals surface area contributed by atoms with Crippen LogP contribution < -0.4 is 10.2 Å². The molecule has 1 aromatic heterocycles. The van der Waals surface area contributed by atoms with Crippen LogP contribution in [0.1, 0.15) is 31.0 Å². The molecule has 110 valence electrons. The van der Waals surface area contributed by atoms with Crippen molar-refractivity contribution in [3.8, 4) is 0 Å². The first-order valence-corrected chi connectivity index (χ1v) is 7.83. The van der Waals surface area contributed by atoms with Crippen LogP contribution in [0.15, 0.2) is 34.9 Å². The first kappa shape index (κ1) is 12.9. The first-order valence-electron chi connectivity index (χ1n) is 7.83. The third-order valence-electron chi connectivity index (χ3n) is 4.26. The largest absolute Gasteiger partial charge is 0.431 e. The zero-order chi connectivity index (χ0) is 14.2. The highest BCUT2D eigenvalue weighted by atomic mass is 16.4. The first-order chi connectivity index (χ1) is 10.3. The Morgan fingerprint density at radius 3 is 3.05 bits per heavy atom. The second kappa shape index (κ2) is 5.19. The molecule has 1 aliphatic carbocycles. The Morgan fingerprint density at radius 1 is 1.33 bits per heavy atom. The smallest absolute Gasteiger partial charge is 0.302 e. The van der Waals surface area contributed by atoms with E-state index in [-0.39, 0.29) is 0 Å². The minimum atomic E-state index is 0.611. The van der Waals surface area contributed by atoms with Crippen molar-refractivity contribution in [1.29, 1.82) is 0 Å². The molecule has 1 fully saturated rings. The van der Waals surface area contributed by atoms with E-state index in [1.807, 2.05) is 0 Å². The van der Waals surface area contributed by atoms with Gasteiger partial charge in [-0.15, -0.1) is 0 Å². The van der Waals surface area contributed by atoms with Crippen molar-refractivity contribution in [3.63, 3.8) is 0 Å². The van der Waals surface area contributed by atoms with Gasteiger partial charge in [0.1, 0.15) is 6.26 Å². The summed E-state index contributed by atoms with van der Waals surface area (Å²) in [6, 6.07) is 9.97. The Balaban J connectivity index is 1.57. The van der Waals surface area contributed by atoms with Crippen LogP contribution in [0.4, 0.5) is 11.7 Å². The van der Waals surface area contributed by atoms with Crippen molar-refractivity contribution in [2.45, 2.75) is 38.8 Å². The molecule has 0 radical (unpaired) electrons. The number of rotatable bonds is 4. The summed E-state index contributed by atoms with van der Waals surface area (Å²) in [7, 11) is 0. The molecule has 0 saturated heterocycles. The standard InChI is InChI=1S/C17H21N3O/c1-12-8-13-4-2-3-5-16(13)20(10-12)17-19-15(11-21-17)9-18-14-6-7-14/h2-5,11-12,14,18H,6-10H2,1H3. The number of nitrogens with one attached hydrogen (secondary N) is 1. The van der Waals surface area contributed by atoms with Gasteiger partial charge in [0.2, 0.25) is 0 Å². The summed E-state index contributed by atoms with van der Waals surface area (Å²) >= 11 is 0. The Morgan fingerprint density at radius 2 is 2.19 bits per heavy atom. The average Bonchev–Trinajstić information content (AvgIpc) is 3.21. The van der Waals surface area contributed by atoms with Gasteiger partial charge in [-0.25, -0.2) is 0 Å². The average molecular weight is 283 g/mol. The van der Waals surface area contributed by atoms with E-state index in [0.717, 1.165) is 31.2 Å². The molecule has 1 aromatic carbocycles. The van der Waals surface area contributed by atoms with Crippen molar-refractivity contribution in [2.75, 3.05) is 11.4 Å². The molecule has 0 bridgehead atoms. The van der Waals surface area contributed by atoms with Crippen LogP contribution in [0.2, 0.25) is 0 Å². The summed E-state index contributed by atoms with van der Waals surface area (Å²) in [5.74, 6) is 0.611. The normalized spacial score (nSPS) is 21.4. The lowest BCUT2D eigenvalue weighted by Gasteiger charge is -2.31. The summed E-state index contributed by atoms with van der Waals surface area (Å²) in [5.41, 5.74) is 3.61. The Bertz CT molecular complexity index is 632. The quantitative estimate of drug-likeness (QED) is 0.935. The lowest BCUT2D eigenvalue weighted by Crippen LogP contribution is -2.30. The maximum atomic E-state index is 5.74. The molecule has 4 rings (SSSR count). The summed E-state index contributed by atoms with van der Waals surface area (Å²) < 4.78 is 5.74. The maximum absolute atomic E-state index is 5.74. The fourth-order valence-electron chi connectivity index (χ4n) is 3.02. The number of hydrogen-bond donors (Lipinski definition) is 1. The van der Waals surface area contributed by atoms with Gasteiger partial charge in [0.15, 0.2) is 0 Å². The van der Waals surface area contributed by atoms with Gasteiger partial charge in [-0.3, -0.25) is 4.90 Å². The zero-order valence-corrected chi connectivity index (χ0v) is 12.4. The maximum Gasteiger partial charge on any atom is 0.302 e.